The molecule has 0 aliphatic heterocycles. The van der Waals surface area contributed by atoms with Gasteiger partial charge in [0, 0.05) is 30.9 Å². The Morgan fingerprint density at radius 1 is 1.56 bits per heavy atom. The van der Waals surface area contributed by atoms with Crippen LogP contribution in [0.1, 0.15) is 32.6 Å². The molecule has 1 N–H and O–H groups in total. The van der Waals surface area contributed by atoms with Crippen LogP contribution in [-0.4, -0.2) is 21.5 Å². The molecule has 1 aromatic heterocycles. The molecule has 1 fully saturated rings. The van der Waals surface area contributed by atoms with Crippen molar-refractivity contribution in [1.29, 1.82) is 0 Å². The van der Waals surface area contributed by atoms with Crippen LogP contribution in [0.25, 0.3) is 0 Å². The van der Waals surface area contributed by atoms with Gasteiger partial charge in [-0.3, -0.25) is 4.79 Å². The Labute approximate surface area is 96.1 Å². The highest BCUT2D eigenvalue weighted by Gasteiger charge is 2.23. The molecule has 4 nitrogen and oxygen atoms in total. The third-order valence-corrected chi connectivity index (χ3v) is 3.16. The van der Waals surface area contributed by atoms with E-state index in [9.17, 15) is 4.79 Å². The van der Waals surface area contributed by atoms with Gasteiger partial charge >= 0.3 is 0 Å². The van der Waals surface area contributed by atoms with Crippen LogP contribution in [-0.2, 0) is 11.3 Å². The lowest BCUT2D eigenvalue weighted by atomic mass is 10.1. The summed E-state index contributed by atoms with van der Waals surface area (Å²) in [5.41, 5.74) is 0. The van der Waals surface area contributed by atoms with Gasteiger partial charge in [-0.05, 0) is 19.8 Å². The Hall–Kier alpha value is -1.32. The number of aromatic nitrogens is 2. The molecule has 0 radical (unpaired) electrons. The van der Waals surface area contributed by atoms with E-state index in [4.69, 9.17) is 0 Å². The number of hydrogen-bond donors (Lipinski definition) is 1. The molecule has 16 heavy (non-hydrogen) atoms. The highest BCUT2D eigenvalue weighted by molar-refractivity contribution is 5.79. The van der Waals surface area contributed by atoms with E-state index in [0.717, 1.165) is 19.4 Å². The molecule has 2 rings (SSSR count). The zero-order valence-corrected chi connectivity index (χ0v) is 9.72. The summed E-state index contributed by atoms with van der Waals surface area (Å²) < 4.78 is 1.99. The van der Waals surface area contributed by atoms with Gasteiger partial charge in [-0.15, -0.1) is 0 Å². The van der Waals surface area contributed by atoms with Gasteiger partial charge in [-0.25, -0.2) is 4.98 Å². The van der Waals surface area contributed by atoms with Crippen LogP contribution in [0.15, 0.2) is 18.7 Å². The monoisotopic (exact) mass is 221 g/mol. The molecule has 1 aliphatic carbocycles. The fourth-order valence-electron chi connectivity index (χ4n) is 2.31. The lowest BCUT2D eigenvalue weighted by molar-refractivity contribution is -0.125. The zero-order chi connectivity index (χ0) is 11.4. The fraction of sp³-hybridized carbons (Fsp3) is 0.667. The molecule has 0 saturated heterocycles. The van der Waals surface area contributed by atoms with Crippen molar-refractivity contribution in [2.24, 2.45) is 5.92 Å². The fourth-order valence-corrected chi connectivity index (χ4v) is 2.31. The first-order valence-electron chi connectivity index (χ1n) is 6.02. The predicted octanol–water partition coefficient (Wildman–Crippen LogP) is 1.58. The number of carbonyl (C=O) groups excluding carboxylic acids is 1. The van der Waals surface area contributed by atoms with Crippen LogP contribution in [0.5, 0.6) is 0 Å². The first-order chi connectivity index (χ1) is 7.75. The van der Waals surface area contributed by atoms with Crippen molar-refractivity contribution in [3.05, 3.63) is 18.7 Å². The lowest BCUT2D eigenvalue weighted by Crippen LogP contribution is -2.38. The standard InChI is InChI=1S/C12H19N3O/c1-10(8-15-7-6-13-9-15)14-12(16)11-4-2-3-5-11/h6-7,9-11H,2-5,8H2,1H3,(H,14,16). The third-order valence-electron chi connectivity index (χ3n) is 3.16. The van der Waals surface area contributed by atoms with E-state index < -0.39 is 0 Å². The van der Waals surface area contributed by atoms with Crippen LogP contribution < -0.4 is 5.32 Å². The van der Waals surface area contributed by atoms with Crippen LogP contribution in [0.2, 0.25) is 0 Å². The number of hydrogen-bond acceptors (Lipinski definition) is 2. The summed E-state index contributed by atoms with van der Waals surface area (Å²) in [6.07, 6.45) is 9.97. The number of nitrogens with zero attached hydrogens (tertiary/aromatic N) is 2. The second kappa shape index (κ2) is 5.14. The summed E-state index contributed by atoms with van der Waals surface area (Å²) in [7, 11) is 0. The van der Waals surface area contributed by atoms with Crippen molar-refractivity contribution in [2.45, 2.75) is 45.2 Å². The number of imidazole rings is 1. The maximum absolute atomic E-state index is 11.8. The number of rotatable bonds is 4. The largest absolute Gasteiger partial charge is 0.352 e. The summed E-state index contributed by atoms with van der Waals surface area (Å²) >= 11 is 0. The van der Waals surface area contributed by atoms with Gasteiger partial charge in [0.25, 0.3) is 0 Å². The molecular weight excluding hydrogens is 202 g/mol. The van der Waals surface area contributed by atoms with Crippen LogP contribution in [0.4, 0.5) is 0 Å². The topological polar surface area (TPSA) is 46.9 Å². The normalized spacial score (nSPS) is 18.6. The van der Waals surface area contributed by atoms with E-state index in [1.165, 1.54) is 12.8 Å². The van der Waals surface area contributed by atoms with Crippen LogP contribution in [0.3, 0.4) is 0 Å². The van der Waals surface area contributed by atoms with Gasteiger partial charge in [-0.1, -0.05) is 12.8 Å². The molecule has 1 unspecified atom stereocenters. The smallest absolute Gasteiger partial charge is 0.223 e. The highest BCUT2D eigenvalue weighted by Crippen LogP contribution is 2.24. The Bertz CT molecular complexity index is 328. The van der Waals surface area contributed by atoms with Crippen LogP contribution in [0, 0.1) is 5.92 Å². The number of nitrogens with one attached hydrogen (secondary N) is 1. The summed E-state index contributed by atoms with van der Waals surface area (Å²) in [6.45, 7) is 2.82. The van der Waals surface area contributed by atoms with Crippen molar-refractivity contribution in [1.82, 2.24) is 14.9 Å². The molecule has 1 amide bonds. The minimum atomic E-state index is 0.169. The Morgan fingerprint density at radius 2 is 2.31 bits per heavy atom. The average Bonchev–Trinajstić information content (AvgIpc) is 2.88. The lowest BCUT2D eigenvalue weighted by Gasteiger charge is -2.17. The minimum absolute atomic E-state index is 0.169. The Kier molecular flexibility index (Phi) is 3.59. The highest BCUT2D eigenvalue weighted by atomic mass is 16.1. The van der Waals surface area contributed by atoms with Gasteiger partial charge in [0.05, 0.1) is 6.33 Å². The average molecular weight is 221 g/mol. The van der Waals surface area contributed by atoms with Crippen molar-refractivity contribution in [3.8, 4) is 0 Å². The quantitative estimate of drug-likeness (QED) is 0.839. The number of amides is 1. The van der Waals surface area contributed by atoms with E-state index in [-0.39, 0.29) is 17.9 Å². The SMILES string of the molecule is CC(Cn1ccnc1)NC(=O)C1CCCC1. The molecule has 1 heterocycles. The summed E-state index contributed by atoms with van der Waals surface area (Å²) in [4.78, 5) is 15.8. The van der Waals surface area contributed by atoms with Crippen molar-refractivity contribution in [2.75, 3.05) is 0 Å². The molecule has 0 aromatic carbocycles. The first-order valence-corrected chi connectivity index (χ1v) is 6.02. The van der Waals surface area contributed by atoms with Crippen LogP contribution >= 0.6 is 0 Å². The molecule has 1 saturated carbocycles. The summed E-state index contributed by atoms with van der Waals surface area (Å²) in [5, 5.41) is 3.07. The van der Waals surface area contributed by atoms with Crippen molar-refractivity contribution in [3.63, 3.8) is 0 Å². The second-order valence-electron chi connectivity index (χ2n) is 4.65. The van der Waals surface area contributed by atoms with Gasteiger partial charge in [0.1, 0.15) is 0 Å². The van der Waals surface area contributed by atoms with E-state index in [1.807, 2.05) is 17.7 Å². The van der Waals surface area contributed by atoms with Gasteiger partial charge < -0.3 is 9.88 Å². The van der Waals surface area contributed by atoms with E-state index >= 15 is 0 Å². The molecule has 88 valence electrons. The van der Waals surface area contributed by atoms with Crippen molar-refractivity contribution < 1.29 is 4.79 Å². The molecule has 4 heteroatoms. The molecule has 0 bridgehead atoms. The molecule has 1 aromatic rings. The zero-order valence-electron chi connectivity index (χ0n) is 9.72. The predicted molar refractivity (Wildman–Crippen MR) is 61.8 cm³/mol. The van der Waals surface area contributed by atoms with E-state index in [2.05, 4.69) is 10.3 Å². The molecule has 1 atom stereocenters. The maximum atomic E-state index is 11.8. The van der Waals surface area contributed by atoms with E-state index in [0.29, 0.717) is 0 Å². The van der Waals surface area contributed by atoms with Gasteiger partial charge in [-0.2, -0.15) is 0 Å². The van der Waals surface area contributed by atoms with Gasteiger partial charge in [0.2, 0.25) is 5.91 Å². The first kappa shape index (κ1) is 11.2. The van der Waals surface area contributed by atoms with E-state index in [1.54, 1.807) is 12.5 Å². The van der Waals surface area contributed by atoms with Gasteiger partial charge in [0.15, 0.2) is 0 Å². The second-order valence-corrected chi connectivity index (χ2v) is 4.65. The summed E-state index contributed by atoms with van der Waals surface area (Å²) in [5.74, 6) is 0.482. The summed E-state index contributed by atoms with van der Waals surface area (Å²) in [6, 6.07) is 0.169. The van der Waals surface area contributed by atoms with Crippen molar-refractivity contribution >= 4 is 5.91 Å². The minimum Gasteiger partial charge on any atom is -0.352 e. The molecular formula is C12H19N3O. The Morgan fingerprint density at radius 3 is 2.94 bits per heavy atom. The molecule has 1 aliphatic rings. The maximum Gasteiger partial charge on any atom is 0.223 e. The Balaban J connectivity index is 1.78. The third kappa shape index (κ3) is 2.84. The number of carbonyl (C=O) groups is 1. The molecule has 0 spiro atoms.